The fourth-order valence-electron chi connectivity index (χ4n) is 2.59. The second-order valence-corrected chi connectivity index (χ2v) is 6.24. The molecule has 3 amide bonds. The third-order valence-electron chi connectivity index (χ3n) is 4.12. The highest BCUT2D eigenvalue weighted by atomic mass is 16.6. The van der Waals surface area contributed by atoms with Crippen LogP contribution in [-0.2, 0) is 4.79 Å². The van der Waals surface area contributed by atoms with Crippen molar-refractivity contribution < 1.29 is 14.5 Å². The number of likely N-dealkylation sites (N-methyl/N-ethyl adjacent to an activating group) is 1. The molecule has 9 heteroatoms. The lowest BCUT2D eigenvalue weighted by atomic mass is 10.1. The topological polar surface area (TPSA) is 108 Å². The quantitative estimate of drug-likeness (QED) is 0.615. The predicted octanol–water partition coefficient (Wildman–Crippen LogP) is 1.27. The average molecular weight is 349 g/mol. The van der Waals surface area contributed by atoms with Crippen molar-refractivity contribution in [2.24, 2.45) is 0 Å². The maximum atomic E-state index is 12.0. The van der Waals surface area contributed by atoms with Crippen LogP contribution in [0, 0.1) is 10.1 Å². The Morgan fingerprint density at radius 2 is 1.84 bits per heavy atom. The van der Waals surface area contributed by atoms with E-state index < -0.39 is 4.92 Å². The Hall–Kier alpha value is -2.68. The van der Waals surface area contributed by atoms with Gasteiger partial charge in [-0.15, -0.1) is 0 Å². The fourth-order valence-corrected chi connectivity index (χ4v) is 2.59. The van der Waals surface area contributed by atoms with E-state index >= 15 is 0 Å². The molecule has 1 aromatic rings. The predicted molar refractivity (Wildman–Crippen MR) is 93.4 cm³/mol. The number of non-ortho nitro benzene ring substituents is 1. The molecule has 1 fully saturated rings. The highest BCUT2D eigenvalue weighted by Gasteiger charge is 2.22. The van der Waals surface area contributed by atoms with Crippen molar-refractivity contribution in [1.82, 2.24) is 15.1 Å². The number of nitrogens with zero attached hydrogens (tertiary/aromatic N) is 3. The Bertz CT molecular complexity index is 624. The largest absolute Gasteiger partial charge is 0.348 e. The van der Waals surface area contributed by atoms with Gasteiger partial charge in [-0.2, -0.15) is 0 Å². The van der Waals surface area contributed by atoms with Gasteiger partial charge in [-0.1, -0.05) is 0 Å². The minimum absolute atomic E-state index is 0.0226. The van der Waals surface area contributed by atoms with Crippen molar-refractivity contribution in [1.29, 1.82) is 0 Å². The number of likely N-dealkylation sites (tertiary alicyclic amines) is 1. The molecule has 0 aliphatic carbocycles. The second kappa shape index (κ2) is 8.43. The van der Waals surface area contributed by atoms with Gasteiger partial charge in [0.25, 0.3) is 5.69 Å². The van der Waals surface area contributed by atoms with E-state index in [0.717, 1.165) is 25.9 Å². The summed E-state index contributed by atoms with van der Waals surface area (Å²) in [4.78, 5) is 37.5. The van der Waals surface area contributed by atoms with Crippen molar-refractivity contribution >= 4 is 23.3 Å². The van der Waals surface area contributed by atoms with Gasteiger partial charge in [0.2, 0.25) is 5.91 Å². The first-order valence-electron chi connectivity index (χ1n) is 8.09. The van der Waals surface area contributed by atoms with Gasteiger partial charge in [-0.05, 0) is 25.0 Å². The molecule has 1 heterocycles. The van der Waals surface area contributed by atoms with Crippen LogP contribution in [0.2, 0.25) is 0 Å². The lowest BCUT2D eigenvalue weighted by Crippen LogP contribution is -2.48. The Morgan fingerprint density at radius 1 is 1.24 bits per heavy atom. The number of benzene rings is 1. The Balaban J connectivity index is 1.75. The molecular formula is C16H23N5O4. The van der Waals surface area contributed by atoms with E-state index in [0.29, 0.717) is 12.2 Å². The van der Waals surface area contributed by atoms with Crippen LogP contribution in [0.15, 0.2) is 24.3 Å². The number of nitrogens with one attached hydrogen (secondary N) is 2. The number of rotatable bonds is 5. The summed E-state index contributed by atoms with van der Waals surface area (Å²) < 4.78 is 0. The molecule has 0 spiro atoms. The summed E-state index contributed by atoms with van der Waals surface area (Å²) in [6.07, 6.45) is 1.54. The van der Waals surface area contributed by atoms with Crippen LogP contribution >= 0.6 is 0 Å². The van der Waals surface area contributed by atoms with Crippen molar-refractivity contribution in [3.8, 4) is 0 Å². The van der Waals surface area contributed by atoms with Gasteiger partial charge in [0.15, 0.2) is 0 Å². The van der Waals surface area contributed by atoms with Gasteiger partial charge in [0.1, 0.15) is 0 Å². The molecule has 2 rings (SSSR count). The number of carbonyl (C=O) groups is 2. The number of hydrogen-bond acceptors (Lipinski definition) is 5. The maximum absolute atomic E-state index is 12.0. The van der Waals surface area contributed by atoms with Crippen molar-refractivity contribution in [3.05, 3.63) is 34.4 Å². The SMILES string of the molecule is CN(C)C(=O)CN1CCC(NC(=O)Nc2ccc([N+](=O)[O-])cc2)CC1. The van der Waals surface area contributed by atoms with Crippen molar-refractivity contribution in [3.63, 3.8) is 0 Å². The number of amides is 3. The zero-order valence-electron chi connectivity index (χ0n) is 14.4. The van der Waals surface area contributed by atoms with E-state index in [4.69, 9.17) is 0 Å². The molecule has 9 nitrogen and oxygen atoms in total. The number of hydrogen-bond donors (Lipinski definition) is 2. The summed E-state index contributed by atoms with van der Waals surface area (Å²) in [7, 11) is 3.47. The van der Waals surface area contributed by atoms with Crippen LogP contribution in [0.5, 0.6) is 0 Å². The third-order valence-corrected chi connectivity index (χ3v) is 4.12. The molecular weight excluding hydrogens is 326 g/mol. The van der Waals surface area contributed by atoms with E-state index in [1.807, 2.05) is 0 Å². The number of nitro groups is 1. The summed E-state index contributed by atoms with van der Waals surface area (Å²) in [5, 5.41) is 16.2. The molecule has 0 aromatic heterocycles. The van der Waals surface area contributed by atoms with Crippen LogP contribution in [0.25, 0.3) is 0 Å². The van der Waals surface area contributed by atoms with E-state index in [1.165, 1.54) is 24.3 Å². The highest BCUT2D eigenvalue weighted by molar-refractivity contribution is 5.89. The van der Waals surface area contributed by atoms with Crippen LogP contribution in [-0.4, -0.2) is 66.4 Å². The minimum Gasteiger partial charge on any atom is -0.348 e. The standard InChI is InChI=1S/C16H23N5O4/c1-19(2)15(22)11-20-9-7-13(8-10-20)18-16(23)17-12-3-5-14(6-4-12)21(24)25/h3-6,13H,7-11H2,1-2H3,(H2,17,18,23). The van der Waals surface area contributed by atoms with Crippen LogP contribution in [0.4, 0.5) is 16.2 Å². The number of urea groups is 1. The molecule has 1 aliphatic heterocycles. The van der Waals surface area contributed by atoms with Gasteiger partial charge in [-0.3, -0.25) is 19.8 Å². The summed E-state index contributed by atoms with van der Waals surface area (Å²) in [5.74, 6) is 0.0716. The molecule has 136 valence electrons. The lowest BCUT2D eigenvalue weighted by Gasteiger charge is -2.32. The van der Waals surface area contributed by atoms with Crippen molar-refractivity contribution in [2.75, 3.05) is 39.0 Å². The summed E-state index contributed by atoms with van der Waals surface area (Å²) >= 11 is 0. The number of carbonyl (C=O) groups excluding carboxylic acids is 2. The molecule has 0 saturated carbocycles. The van der Waals surface area contributed by atoms with E-state index in [9.17, 15) is 19.7 Å². The summed E-state index contributed by atoms with van der Waals surface area (Å²) in [5.41, 5.74) is 0.475. The lowest BCUT2D eigenvalue weighted by molar-refractivity contribution is -0.384. The van der Waals surface area contributed by atoms with Gasteiger partial charge in [0.05, 0.1) is 11.5 Å². The zero-order chi connectivity index (χ0) is 18.4. The fraction of sp³-hybridized carbons (Fsp3) is 0.500. The van der Waals surface area contributed by atoms with E-state index in [-0.39, 0.29) is 23.7 Å². The van der Waals surface area contributed by atoms with Gasteiger partial charge in [0, 0.05) is 51.0 Å². The van der Waals surface area contributed by atoms with Crippen LogP contribution < -0.4 is 10.6 Å². The molecule has 25 heavy (non-hydrogen) atoms. The Morgan fingerprint density at radius 3 is 2.36 bits per heavy atom. The summed E-state index contributed by atoms with van der Waals surface area (Å²) in [6, 6.07) is 5.38. The molecule has 0 radical (unpaired) electrons. The highest BCUT2D eigenvalue weighted by Crippen LogP contribution is 2.16. The molecule has 0 atom stereocenters. The zero-order valence-corrected chi connectivity index (χ0v) is 14.4. The molecule has 2 N–H and O–H groups in total. The first kappa shape index (κ1) is 18.7. The number of anilines is 1. The van der Waals surface area contributed by atoms with Crippen LogP contribution in [0.3, 0.4) is 0 Å². The monoisotopic (exact) mass is 349 g/mol. The van der Waals surface area contributed by atoms with Crippen molar-refractivity contribution in [2.45, 2.75) is 18.9 Å². The van der Waals surface area contributed by atoms with E-state index in [1.54, 1.807) is 19.0 Å². The summed E-state index contributed by atoms with van der Waals surface area (Å²) in [6.45, 7) is 1.90. The maximum Gasteiger partial charge on any atom is 0.319 e. The minimum atomic E-state index is -0.487. The molecule has 0 unspecified atom stereocenters. The van der Waals surface area contributed by atoms with E-state index in [2.05, 4.69) is 15.5 Å². The molecule has 1 saturated heterocycles. The molecule has 1 aliphatic rings. The Labute approximate surface area is 146 Å². The molecule has 1 aromatic carbocycles. The number of nitro benzene ring substituents is 1. The Kier molecular flexibility index (Phi) is 6.29. The number of piperidine rings is 1. The van der Waals surface area contributed by atoms with Crippen LogP contribution in [0.1, 0.15) is 12.8 Å². The first-order valence-corrected chi connectivity index (χ1v) is 8.09. The van der Waals surface area contributed by atoms with Gasteiger partial charge < -0.3 is 15.5 Å². The average Bonchev–Trinajstić information content (AvgIpc) is 2.57. The first-order chi connectivity index (χ1) is 11.8. The normalized spacial score (nSPS) is 15.4. The molecule has 0 bridgehead atoms. The van der Waals surface area contributed by atoms with Gasteiger partial charge >= 0.3 is 6.03 Å². The smallest absolute Gasteiger partial charge is 0.319 e. The third kappa shape index (κ3) is 5.71. The second-order valence-electron chi connectivity index (χ2n) is 6.24. The van der Waals surface area contributed by atoms with Gasteiger partial charge in [-0.25, -0.2) is 4.79 Å².